The van der Waals surface area contributed by atoms with Crippen molar-refractivity contribution in [2.75, 3.05) is 14.7 Å². The number of aryl methyl sites for hydroxylation is 7. The van der Waals surface area contributed by atoms with Crippen molar-refractivity contribution in [3.63, 3.8) is 0 Å². The summed E-state index contributed by atoms with van der Waals surface area (Å²) in [6.45, 7) is 47.2. The Morgan fingerprint density at radius 2 is 0.877 bits per heavy atom. The van der Waals surface area contributed by atoms with Gasteiger partial charge < -0.3 is 14.7 Å². The van der Waals surface area contributed by atoms with Gasteiger partial charge in [0.05, 0.1) is 17.1 Å². The summed E-state index contributed by atoms with van der Waals surface area (Å²) in [7, 11) is 0. The minimum atomic E-state index is -0.139. The van der Waals surface area contributed by atoms with Crippen molar-refractivity contribution < 1.29 is 0 Å². The smallest absolute Gasteiger partial charge is 0.252 e. The fourth-order valence-electron chi connectivity index (χ4n) is 13.0. The van der Waals surface area contributed by atoms with Crippen molar-refractivity contribution in [1.82, 2.24) is 0 Å². The molecule has 1 aliphatic carbocycles. The molecule has 7 aromatic rings. The largest absolute Gasteiger partial charge is 0.311 e. The second kappa shape index (κ2) is 17.0. The van der Waals surface area contributed by atoms with Crippen LogP contribution in [0.15, 0.2) is 109 Å². The number of anilines is 9. The second-order valence-corrected chi connectivity index (χ2v) is 27.1. The Hall–Kier alpha value is -6.00. The lowest BCUT2D eigenvalue weighted by Crippen LogP contribution is -2.62. The van der Waals surface area contributed by atoms with Crippen molar-refractivity contribution in [2.24, 2.45) is 0 Å². The summed E-state index contributed by atoms with van der Waals surface area (Å²) in [4.78, 5) is 7.95. The molecule has 0 saturated carbocycles. The molecule has 3 aliphatic rings. The van der Waals surface area contributed by atoms with Crippen molar-refractivity contribution in [3.8, 4) is 0 Å². The molecule has 0 amide bonds. The molecule has 73 heavy (non-hydrogen) atoms. The molecule has 0 radical (unpaired) electrons. The molecule has 0 N–H and O–H groups in total. The van der Waals surface area contributed by atoms with Crippen LogP contribution in [0.5, 0.6) is 0 Å². The van der Waals surface area contributed by atoms with Crippen LogP contribution in [0.1, 0.15) is 170 Å². The second-order valence-electron chi connectivity index (χ2n) is 27.1. The third kappa shape index (κ3) is 8.35. The van der Waals surface area contributed by atoms with Crippen LogP contribution in [0, 0.1) is 48.5 Å². The zero-order valence-corrected chi connectivity index (χ0v) is 48.2. The summed E-state index contributed by atoms with van der Waals surface area (Å²) in [5, 5.41) is 0. The monoisotopic (exact) mass is 964 g/mol. The Morgan fingerprint density at radius 3 is 1.38 bits per heavy atom. The SMILES string of the molecule is Cc1cc(C)c(N(c2ccc(C(C)(C)C)cc2)c2ccc3c(c2)N(c2c(C)cc(C(C)(C)C)cc2C)c2cc(C(C)(C)C)cc4c2B3c2cc3c(cc2N4c2c(C)cccc2C)C(C)(C)CCC3(C)C)c(C)c1. The topological polar surface area (TPSA) is 9.72 Å². The minimum Gasteiger partial charge on any atom is -0.311 e. The molecule has 0 spiro atoms. The normalized spacial score (nSPS) is 15.7. The molecular weight excluding hydrogens is 882 g/mol. The molecule has 0 bridgehead atoms. The van der Waals surface area contributed by atoms with E-state index in [0.717, 1.165) is 24.2 Å². The summed E-state index contributed by atoms with van der Waals surface area (Å²) < 4.78 is 0. The Bertz CT molecular complexity index is 3310. The molecule has 2 heterocycles. The van der Waals surface area contributed by atoms with Gasteiger partial charge in [-0.3, -0.25) is 0 Å². The minimum absolute atomic E-state index is 0.00132. The quantitative estimate of drug-likeness (QED) is 0.159. The van der Waals surface area contributed by atoms with Crippen molar-refractivity contribution in [2.45, 2.75) is 178 Å². The molecule has 0 aromatic heterocycles. The molecule has 0 fully saturated rings. The summed E-state index contributed by atoms with van der Waals surface area (Å²) >= 11 is 0. The van der Waals surface area contributed by atoms with Gasteiger partial charge in [0.2, 0.25) is 0 Å². The fraction of sp³-hybridized carbons (Fsp3) is 0.391. The van der Waals surface area contributed by atoms with E-state index in [1.807, 2.05) is 0 Å². The zero-order chi connectivity index (χ0) is 52.8. The van der Waals surface area contributed by atoms with Crippen LogP contribution in [0.3, 0.4) is 0 Å². The molecule has 0 atom stereocenters. The van der Waals surface area contributed by atoms with Gasteiger partial charge in [-0.1, -0.05) is 162 Å². The first-order valence-electron chi connectivity index (χ1n) is 27.3. The van der Waals surface area contributed by atoms with Gasteiger partial charge in [-0.25, -0.2) is 0 Å². The number of hydrogen-bond acceptors (Lipinski definition) is 3. The highest BCUT2D eigenvalue weighted by molar-refractivity contribution is 7.00. The number of para-hydroxylation sites is 1. The molecule has 3 nitrogen and oxygen atoms in total. The first kappa shape index (κ1) is 50.5. The molecular formula is C69H82BN3. The van der Waals surface area contributed by atoms with Crippen LogP contribution in [-0.4, -0.2) is 6.71 Å². The summed E-state index contributed by atoms with van der Waals surface area (Å²) in [5.74, 6) is 0. The van der Waals surface area contributed by atoms with E-state index < -0.39 is 0 Å². The molecule has 2 aliphatic heterocycles. The predicted octanol–water partition coefficient (Wildman–Crippen LogP) is 17.6. The van der Waals surface area contributed by atoms with Crippen LogP contribution in [0.2, 0.25) is 0 Å². The molecule has 10 rings (SSSR count). The Balaban J connectivity index is 1.37. The number of nitrogens with zero attached hydrogens (tertiary/aromatic N) is 3. The first-order valence-corrected chi connectivity index (χ1v) is 27.3. The molecule has 376 valence electrons. The standard InChI is InChI=1S/C69H82BN3/c1-41-32-44(4)63(45(5)33-41)71(51-26-24-48(25-27-51)65(8,9)10)52-28-29-55-57(38-52)72(64-46(6)34-49(35-47(64)7)66(11,12)13)59-36-50(67(14,15)16)37-60-61(59)70(55)56-39-53-54(69(19,20)31-30-68(53,17)18)40-58(56)73(60)62-42(2)22-21-23-43(62)3/h21-29,32-40H,30-31H2,1-20H3. The third-order valence-electron chi connectivity index (χ3n) is 17.2. The highest BCUT2D eigenvalue weighted by Crippen LogP contribution is 2.53. The number of hydrogen-bond donors (Lipinski definition) is 0. The van der Waals surface area contributed by atoms with E-state index in [9.17, 15) is 0 Å². The van der Waals surface area contributed by atoms with Gasteiger partial charge >= 0.3 is 0 Å². The van der Waals surface area contributed by atoms with Crippen LogP contribution in [0.4, 0.5) is 51.2 Å². The lowest BCUT2D eigenvalue weighted by Gasteiger charge is -2.48. The maximum absolute atomic E-state index is 2.70. The van der Waals surface area contributed by atoms with E-state index in [1.165, 1.54) is 123 Å². The van der Waals surface area contributed by atoms with Crippen LogP contribution < -0.4 is 31.1 Å². The molecule has 7 aromatic carbocycles. The van der Waals surface area contributed by atoms with Crippen molar-refractivity contribution >= 4 is 74.3 Å². The van der Waals surface area contributed by atoms with E-state index in [2.05, 4.69) is 262 Å². The van der Waals surface area contributed by atoms with Gasteiger partial charge in [0.15, 0.2) is 0 Å². The number of rotatable bonds is 5. The van der Waals surface area contributed by atoms with Crippen LogP contribution in [-0.2, 0) is 27.1 Å². The van der Waals surface area contributed by atoms with Gasteiger partial charge in [-0.05, 0) is 208 Å². The van der Waals surface area contributed by atoms with E-state index in [0.29, 0.717) is 0 Å². The van der Waals surface area contributed by atoms with Crippen LogP contribution >= 0.6 is 0 Å². The lowest BCUT2D eigenvalue weighted by atomic mass is 9.33. The first-order chi connectivity index (χ1) is 34.0. The maximum atomic E-state index is 2.70. The zero-order valence-electron chi connectivity index (χ0n) is 48.2. The summed E-state index contributed by atoms with van der Waals surface area (Å²) in [6.07, 6.45) is 2.32. The lowest BCUT2D eigenvalue weighted by molar-refractivity contribution is 0.332. The van der Waals surface area contributed by atoms with Crippen LogP contribution in [0.25, 0.3) is 0 Å². The van der Waals surface area contributed by atoms with Gasteiger partial charge in [-0.15, -0.1) is 0 Å². The maximum Gasteiger partial charge on any atom is 0.252 e. The summed E-state index contributed by atoms with van der Waals surface area (Å²) in [5.41, 5.74) is 31.3. The van der Waals surface area contributed by atoms with E-state index in [4.69, 9.17) is 0 Å². The van der Waals surface area contributed by atoms with Crippen molar-refractivity contribution in [3.05, 3.63) is 176 Å². The highest BCUT2D eigenvalue weighted by atomic mass is 15.2. The van der Waals surface area contributed by atoms with Gasteiger partial charge in [-0.2, -0.15) is 0 Å². The van der Waals surface area contributed by atoms with E-state index >= 15 is 0 Å². The average molecular weight is 964 g/mol. The van der Waals surface area contributed by atoms with Gasteiger partial charge in [0, 0.05) is 34.1 Å². The van der Waals surface area contributed by atoms with Crippen molar-refractivity contribution in [1.29, 1.82) is 0 Å². The van der Waals surface area contributed by atoms with E-state index in [-0.39, 0.29) is 33.8 Å². The van der Waals surface area contributed by atoms with Gasteiger partial charge in [0.1, 0.15) is 0 Å². The third-order valence-corrected chi connectivity index (χ3v) is 17.2. The fourth-order valence-corrected chi connectivity index (χ4v) is 13.0. The number of benzene rings is 7. The Labute approximate surface area is 441 Å². The molecule has 4 heteroatoms. The highest BCUT2D eigenvalue weighted by Gasteiger charge is 2.48. The average Bonchev–Trinajstić information content (AvgIpc) is 3.28. The molecule has 0 unspecified atom stereocenters. The number of fused-ring (bicyclic) bond motifs is 5. The van der Waals surface area contributed by atoms with Gasteiger partial charge in [0.25, 0.3) is 6.71 Å². The predicted molar refractivity (Wildman–Crippen MR) is 320 cm³/mol. The Morgan fingerprint density at radius 1 is 0.425 bits per heavy atom. The summed E-state index contributed by atoms with van der Waals surface area (Å²) in [6, 6.07) is 43.8. The Kier molecular flexibility index (Phi) is 11.8. The molecule has 0 saturated heterocycles. The van der Waals surface area contributed by atoms with E-state index in [1.54, 1.807) is 0 Å².